The van der Waals surface area contributed by atoms with Crippen LogP contribution in [0.4, 0.5) is 0 Å². The molecule has 4 heteroatoms. The van der Waals surface area contributed by atoms with E-state index in [1.165, 1.54) is 11.1 Å². The predicted molar refractivity (Wildman–Crippen MR) is 102 cm³/mol. The van der Waals surface area contributed by atoms with Crippen molar-refractivity contribution in [2.45, 2.75) is 25.8 Å². The van der Waals surface area contributed by atoms with E-state index in [1.807, 2.05) is 35.2 Å². The maximum absolute atomic E-state index is 12.8. The molecule has 4 nitrogen and oxygen atoms in total. The Kier molecular flexibility index (Phi) is 4.57. The molecule has 1 fully saturated rings. The number of carbonyl (C=O) groups is 1. The van der Waals surface area contributed by atoms with Gasteiger partial charge in [-0.05, 0) is 43.5 Å². The lowest BCUT2D eigenvalue weighted by atomic mass is 10.0. The number of nitrogens with zero attached hydrogens (tertiary/aromatic N) is 2. The van der Waals surface area contributed by atoms with E-state index < -0.39 is 0 Å². The first-order valence-corrected chi connectivity index (χ1v) is 9.05. The number of hydrogen-bond donors (Lipinski definition) is 0. The molecule has 0 aliphatic carbocycles. The van der Waals surface area contributed by atoms with Gasteiger partial charge in [-0.25, -0.2) is 0 Å². The molecule has 0 bridgehead atoms. The van der Waals surface area contributed by atoms with Gasteiger partial charge in [0.1, 0.15) is 5.75 Å². The molecule has 1 aliphatic rings. The summed E-state index contributed by atoms with van der Waals surface area (Å²) >= 11 is 0. The molecule has 132 valence electrons. The first-order chi connectivity index (χ1) is 12.7. The largest absolute Gasteiger partial charge is 0.483 e. The molecule has 1 atom stereocenters. The van der Waals surface area contributed by atoms with Crippen molar-refractivity contribution in [3.8, 4) is 5.75 Å². The minimum atomic E-state index is 0.0361. The van der Waals surface area contributed by atoms with Crippen molar-refractivity contribution in [3.63, 3.8) is 0 Å². The number of aromatic nitrogens is 1. The maximum atomic E-state index is 12.8. The van der Waals surface area contributed by atoms with E-state index in [4.69, 9.17) is 4.74 Å². The van der Waals surface area contributed by atoms with E-state index in [1.54, 1.807) is 6.20 Å². The lowest BCUT2D eigenvalue weighted by Crippen LogP contribution is -2.34. The second kappa shape index (κ2) is 7.16. The third kappa shape index (κ3) is 3.27. The smallest absolute Gasteiger partial charge is 0.261 e. The van der Waals surface area contributed by atoms with E-state index in [-0.39, 0.29) is 18.6 Å². The summed E-state index contributed by atoms with van der Waals surface area (Å²) in [6.07, 6.45) is 3.75. The van der Waals surface area contributed by atoms with E-state index in [2.05, 4.69) is 36.2 Å². The van der Waals surface area contributed by atoms with Crippen molar-refractivity contribution in [2.75, 3.05) is 13.2 Å². The van der Waals surface area contributed by atoms with Crippen LogP contribution in [0, 0.1) is 6.92 Å². The number of hydrogen-bond acceptors (Lipinski definition) is 3. The molecule has 1 aliphatic heterocycles. The Morgan fingerprint density at radius 2 is 1.96 bits per heavy atom. The Labute approximate surface area is 153 Å². The Morgan fingerprint density at radius 1 is 1.15 bits per heavy atom. The number of aryl methyl sites for hydroxylation is 1. The maximum Gasteiger partial charge on any atom is 0.261 e. The van der Waals surface area contributed by atoms with E-state index >= 15 is 0 Å². The van der Waals surface area contributed by atoms with Crippen LogP contribution in [0.15, 0.2) is 60.8 Å². The van der Waals surface area contributed by atoms with Gasteiger partial charge in [0.15, 0.2) is 6.61 Å². The third-order valence-corrected chi connectivity index (χ3v) is 5.00. The van der Waals surface area contributed by atoms with Gasteiger partial charge < -0.3 is 9.64 Å². The minimum Gasteiger partial charge on any atom is -0.483 e. The number of rotatable bonds is 4. The standard InChI is InChI=1S/C22H22N2O2/c1-16-8-10-17(11-9-16)20-7-4-14-24(20)22(25)15-26-21-12-13-23-19-6-3-2-5-18(19)21/h2-3,5-6,8-13,20H,4,7,14-15H2,1H3. The average molecular weight is 346 g/mol. The molecule has 1 saturated heterocycles. The summed E-state index contributed by atoms with van der Waals surface area (Å²) in [5, 5.41) is 0.930. The Bertz CT molecular complexity index is 916. The highest BCUT2D eigenvalue weighted by molar-refractivity contribution is 5.85. The summed E-state index contributed by atoms with van der Waals surface area (Å²) in [4.78, 5) is 19.1. The highest BCUT2D eigenvalue weighted by Crippen LogP contribution is 2.32. The van der Waals surface area contributed by atoms with Crippen molar-refractivity contribution in [2.24, 2.45) is 0 Å². The van der Waals surface area contributed by atoms with Gasteiger partial charge in [-0.2, -0.15) is 0 Å². The van der Waals surface area contributed by atoms with Gasteiger partial charge in [-0.3, -0.25) is 9.78 Å². The molecule has 0 spiro atoms. The van der Waals surface area contributed by atoms with E-state index in [0.717, 1.165) is 30.3 Å². The van der Waals surface area contributed by atoms with Crippen molar-refractivity contribution in [3.05, 3.63) is 71.9 Å². The lowest BCUT2D eigenvalue weighted by molar-refractivity contribution is -0.134. The summed E-state index contributed by atoms with van der Waals surface area (Å²) in [6, 6.07) is 18.2. The Morgan fingerprint density at radius 3 is 2.81 bits per heavy atom. The fraction of sp³-hybridized carbons (Fsp3) is 0.273. The summed E-state index contributed by atoms with van der Waals surface area (Å²) in [5.74, 6) is 0.740. The van der Waals surface area contributed by atoms with Crippen LogP contribution in [0.1, 0.15) is 30.0 Å². The summed E-state index contributed by atoms with van der Waals surface area (Å²) in [5.41, 5.74) is 3.31. The number of ether oxygens (including phenoxy) is 1. The summed E-state index contributed by atoms with van der Waals surface area (Å²) < 4.78 is 5.87. The SMILES string of the molecule is Cc1ccc(C2CCCN2C(=O)COc2ccnc3ccccc23)cc1. The van der Waals surface area contributed by atoms with Crippen LogP contribution in [0.5, 0.6) is 5.75 Å². The number of carbonyl (C=O) groups excluding carboxylic acids is 1. The number of fused-ring (bicyclic) bond motifs is 1. The molecular weight excluding hydrogens is 324 g/mol. The monoisotopic (exact) mass is 346 g/mol. The number of likely N-dealkylation sites (tertiary alicyclic amines) is 1. The van der Waals surface area contributed by atoms with Crippen LogP contribution in [-0.2, 0) is 4.79 Å². The van der Waals surface area contributed by atoms with Gasteiger partial charge in [-0.15, -0.1) is 0 Å². The second-order valence-electron chi connectivity index (χ2n) is 6.77. The van der Waals surface area contributed by atoms with Crippen LogP contribution in [0.25, 0.3) is 10.9 Å². The summed E-state index contributed by atoms with van der Waals surface area (Å²) in [7, 11) is 0. The molecule has 0 radical (unpaired) electrons. The number of para-hydroxylation sites is 1. The van der Waals surface area contributed by atoms with Crippen LogP contribution >= 0.6 is 0 Å². The van der Waals surface area contributed by atoms with Gasteiger partial charge in [-0.1, -0.05) is 42.0 Å². The van der Waals surface area contributed by atoms with E-state index in [9.17, 15) is 4.79 Å². The van der Waals surface area contributed by atoms with Crippen LogP contribution in [-0.4, -0.2) is 28.9 Å². The van der Waals surface area contributed by atoms with Crippen molar-refractivity contribution in [1.29, 1.82) is 0 Å². The highest BCUT2D eigenvalue weighted by atomic mass is 16.5. The molecule has 2 aromatic carbocycles. The molecule has 1 amide bonds. The van der Waals surface area contributed by atoms with Crippen LogP contribution in [0.2, 0.25) is 0 Å². The Hall–Kier alpha value is -2.88. The molecule has 1 aromatic heterocycles. The predicted octanol–water partition coefficient (Wildman–Crippen LogP) is 4.29. The zero-order valence-corrected chi connectivity index (χ0v) is 14.9. The fourth-order valence-corrected chi connectivity index (χ4v) is 3.62. The molecule has 0 saturated carbocycles. The molecular formula is C22H22N2O2. The van der Waals surface area contributed by atoms with Crippen LogP contribution < -0.4 is 4.74 Å². The van der Waals surface area contributed by atoms with Gasteiger partial charge in [0, 0.05) is 18.1 Å². The van der Waals surface area contributed by atoms with Gasteiger partial charge >= 0.3 is 0 Å². The van der Waals surface area contributed by atoms with Crippen molar-refractivity contribution < 1.29 is 9.53 Å². The second-order valence-corrected chi connectivity index (χ2v) is 6.77. The quantitative estimate of drug-likeness (QED) is 0.708. The third-order valence-electron chi connectivity index (χ3n) is 5.00. The number of benzene rings is 2. The van der Waals surface area contributed by atoms with Crippen LogP contribution in [0.3, 0.4) is 0 Å². The van der Waals surface area contributed by atoms with E-state index in [0.29, 0.717) is 5.75 Å². The fourth-order valence-electron chi connectivity index (χ4n) is 3.62. The Balaban J connectivity index is 1.48. The first kappa shape index (κ1) is 16.6. The van der Waals surface area contributed by atoms with Crippen molar-refractivity contribution >= 4 is 16.8 Å². The lowest BCUT2D eigenvalue weighted by Gasteiger charge is -2.25. The number of amides is 1. The molecule has 26 heavy (non-hydrogen) atoms. The minimum absolute atomic E-state index is 0.0361. The normalized spacial score (nSPS) is 16.8. The molecule has 2 heterocycles. The number of pyridine rings is 1. The highest BCUT2D eigenvalue weighted by Gasteiger charge is 2.30. The molecule has 0 N–H and O–H groups in total. The van der Waals surface area contributed by atoms with Crippen molar-refractivity contribution in [1.82, 2.24) is 9.88 Å². The average Bonchev–Trinajstić information content (AvgIpc) is 3.16. The molecule has 3 aromatic rings. The zero-order chi connectivity index (χ0) is 17.9. The van der Waals surface area contributed by atoms with Gasteiger partial charge in [0.2, 0.25) is 0 Å². The topological polar surface area (TPSA) is 42.4 Å². The zero-order valence-electron chi connectivity index (χ0n) is 14.9. The molecule has 1 unspecified atom stereocenters. The molecule has 4 rings (SSSR count). The van der Waals surface area contributed by atoms with Gasteiger partial charge in [0.05, 0.1) is 11.6 Å². The first-order valence-electron chi connectivity index (χ1n) is 9.05. The summed E-state index contributed by atoms with van der Waals surface area (Å²) in [6.45, 7) is 2.92. The van der Waals surface area contributed by atoms with Gasteiger partial charge in [0.25, 0.3) is 5.91 Å².